The van der Waals surface area contributed by atoms with Crippen molar-refractivity contribution in [3.05, 3.63) is 29.3 Å². The molecular formula is C19H28N2O5S. The van der Waals surface area contributed by atoms with E-state index in [2.05, 4.69) is 5.32 Å². The van der Waals surface area contributed by atoms with Gasteiger partial charge in [-0.1, -0.05) is 31.5 Å². The molecule has 1 fully saturated rings. The number of carbonyl (C=O) groups excluding carboxylic acids is 1. The first-order valence-corrected chi connectivity index (χ1v) is 10.6. The van der Waals surface area contributed by atoms with Gasteiger partial charge in [0.1, 0.15) is 6.04 Å². The van der Waals surface area contributed by atoms with Crippen molar-refractivity contribution in [1.29, 1.82) is 0 Å². The van der Waals surface area contributed by atoms with Gasteiger partial charge < -0.3 is 10.4 Å². The second-order valence-corrected chi connectivity index (χ2v) is 9.42. The third kappa shape index (κ3) is 4.87. The van der Waals surface area contributed by atoms with E-state index in [1.807, 2.05) is 13.0 Å². The van der Waals surface area contributed by atoms with Crippen molar-refractivity contribution in [3.63, 3.8) is 0 Å². The molecule has 0 bridgehead atoms. The van der Waals surface area contributed by atoms with E-state index in [1.54, 1.807) is 32.9 Å². The first-order chi connectivity index (χ1) is 12.5. The Hall–Kier alpha value is -1.93. The van der Waals surface area contributed by atoms with Crippen molar-refractivity contribution in [2.24, 2.45) is 11.8 Å². The van der Waals surface area contributed by atoms with Crippen molar-refractivity contribution in [1.82, 2.24) is 9.62 Å². The van der Waals surface area contributed by atoms with Crippen LogP contribution in [0.3, 0.4) is 0 Å². The fraction of sp³-hybridized carbons (Fsp3) is 0.579. The average molecular weight is 397 g/mol. The van der Waals surface area contributed by atoms with Gasteiger partial charge in [0.05, 0.1) is 4.90 Å². The Kier molecular flexibility index (Phi) is 6.64. The van der Waals surface area contributed by atoms with E-state index in [0.717, 1.165) is 5.56 Å². The highest BCUT2D eigenvalue weighted by atomic mass is 32.2. The summed E-state index contributed by atoms with van der Waals surface area (Å²) in [5.41, 5.74) is 1.70. The molecule has 0 spiro atoms. The SMILES string of the molecule is Cc1ccc(S(=O)(=O)N2CCC(C(=O)N[C@H](C(=O)O)C(C)C)CC2)c(C)c1. The summed E-state index contributed by atoms with van der Waals surface area (Å²) in [5.74, 6) is -1.99. The minimum Gasteiger partial charge on any atom is -0.480 e. The molecular weight excluding hydrogens is 368 g/mol. The number of nitrogens with one attached hydrogen (secondary N) is 1. The van der Waals surface area contributed by atoms with Crippen LogP contribution in [-0.4, -0.2) is 48.8 Å². The second-order valence-electron chi connectivity index (χ2n) is 7.52. The number of carboxylic acids is 1. The smallest absolute Gasteiger partial charge is 0.326 e. The molecule has 1 amide bonds. The predicted molar refractivity (Wildman–Crippen MR) is 102 cm³/mol. The molecule has 1 aliphatic heterocycles. The molecule has 0 aromatic heterocycles. The van der Waals surface area contributed by atoms with E-state index in [1.165, 1.54) is 4.31 Å². The van der Waals surface area contributed by atoms with Crippen LogP contribution in [-0.2, 0) is 19.6 Å². The number of nitrogens with zero attached hydrogens (tertiary/aromatic N) is 1. The van der Waals surface area contributed by atoms with Crippen LogP contribution in [0.4, 0.5) is 0 Å². The highest BCUT2D eigenvalue weighted by molar-refractivity contribution is 7.89. The van der Waals surface area contributed by atoms with Crippen LogP contribution in [0.1, 0.15) is 37.8 Å². The van der Waals surface area contributed by atoms with Crippen molar-refractivity contribution in [3.8, 4) is 0 Å². The van der Waals surface area contributed by atoms with Gasteiger partial charge in [-0.15, -0.1) is 0 Å². The van der Waals surface area contributed by atoms with Crippen molar-refractivity contribution < 1.29 is 23.1 Å². The van der Waals surface area contributed by atoms with Crippen LogP contribution in [0, 0.1) is 25.7 Å². The Labute approximate surface area is 160 Å². The van der Waals surface area contributed by atoms with Gasteiger partial charge in [-0.25, -0.2) is 13.2 Å². The van der Waals surface area contributed by atoms with Crippen molar-refractivity contribution in [2.45, 2.75) is 51.5 Å². The topological polar surface area (TPSA) is 104 Å². The van der Waals surface area contributed by atoms with E-state index < -0.39 is 22.0 Å². The number of rotatable bonds is 6. The number of carboxylic acid groups (broad SMARTS) is 1. The summed E-state index contributed by atoms with van der Waals surface area (Å²) in [6.07, 6.45) is 0.751. The van der Waals surface area contributed by atoms with Crippen LogP contribution >= 0.6 is 0 Å². The molecule has 1 saturated heterocycles. The molecule has 2 rings (SSSR count). The molecule has 0 radical (unpaired) electrons. The zero-order chi connectivity index (χ0) is 20.4. The number of aryl methyl sites for hydroxylation is 2. The minimum atomic E-state index is -3.60. The van der Waals surface area contributed by atoms with Crippen molar-refractivity contribution in [2.75, 3.05) is 13.1 Å². The first-order valence-electron chi connectivity index (χ1n) is 9.14. The summed E-state index contributed by atoms with van der Waals surface area (Å²) in [5, 5.41) is 11.8. The fourth-order valence-electron chi connectivity index (χ4n) is 3.37. The number of benzene rings is 1. The summed E-state index contributed by atoms with van der Waals surface area (Å²) in [6.45, 7) is 7.64. The lowest BCUT2D eigenvalue weighted by Gasteiger charge is -2.31. The Morgan fingerprint density at radius 1 is 1.19 bits per heavy atom. The number of aliphatic carboxylic acids is 1. The highest BCUT2D eigenvalue weighted by Crippen LogP contribution is 2.26. The largest absolute Gasteiger partial charge is 0.480 e. The monoisotopic (exact) mass is 396 g/mol. The number of amides is 1. The van der Waals surface area contributed by atoms with Crippen LogP contribution < -0.4 is 5.32 Å². The number of hydrogen-bond donors (Lipinski definition) is 2. The molecule has 8 heteroatoms. The zero-order valence-electron chi connectivity index (χ0n) is 16.2. The molecule has 7 nitrogen and oxygen atoms in total. The maximum Gasteiger partial charge on any atom is 0.326 e. The first kappa shape index (κ1) is 21.4. The van der Waals surface area contributed by atoms with E-state index in [4.69, 9.17) is 0 Å². The maximum atomic E-state index is 12.9. The molecule has 0 unspecified atom stereocenters. The summed E-state index contributed by atoms with van der Waals surface area (Å²) >= 11 is 0. The lowest BCUT2D eigenvalue weighted by atomic mass is 9.95. The fourth-order valence-corrected chi connectivity index (χ4v) is 5.05. The van der Waals surface area contributed by atoms with Crippen LogP contribution in [0.5, 0.6) is 0 Å². The average Bonchev–Trinajstić information content (AvgIpc) is 2.58. The van der Waals surface area contributed by atoms with Crippen LogP contribution in [0.15, 0.2) is 23.1 Å². The lowest BCUT2D eigenvalue weighted by molar-refractivity contribution is -0.144. The Morgan fingerprint density at radius 3 is 2.26 bits per heavy atom. The summed E-state index contributed by atoms with van der Waals surface area (Å²) < 4.78 is 27.2. The number of sulfonamides is 1. The van der Waals surface area contributed by atoms with Gasteiger partial charge >= 0.3 is 5.97 Å². The third-order valence-electron chi connectivity index (χ3n) is 5.00. The molecule has 1 aliphatic rings. The van der Waals surface area contributed by atoms with Gasteiger partial charge in [-0.05, 0) is 44.2 Å². The zero-order valence-corrected chi connectivity index (χ0v) is 17.0. The maximum absolute atomic E-state index is 12.9. The number of piperidine rings is 1. The molecule has 2 N–H and O–H groups in total. The van der Waals surface area contributed by atoms with Crippen LogP contribution in [0.2, 0.25) is 0 Å². The Morgan fingerprint density at radius 2 is 1.78 bits per heavy atom. The quantitative estimate of drug-likeness (QED) is 0.765. The molecule has 1 aromatic rings. The van der Waals surface area contributed by atoms with Crippen molar-refractivity contribution >= 4 is 21.9 Å². The summed E-state index contributed by atoms with van der Waals surface area (Å²) in [4.78, 5) is 23.9. The van der Waals surface area contributed by atoms with Gasteiger partial charge in [0.15, 0.2) is 0 Å². The minimum absolute atomic E-state index is 0.226. The van der Waals surface area contributed by atoms with Gasteiger partial charge in [0.2, 0.25) is 15.9 Å². The van der Waals surface area contributed by atoms with Crippen LogP contribution in [0.25, 0.3) is 0 Å². The highest BCUT2D eigenvalue weighted by Gasteiger charge is 2.34. The summed E-state index contributed by atoms with van der Waals surface area (Å²) in [6, 6.07) is 4.30. The van der Waals surface area contributed by atoms with E-state index >= 15 is 0 Å². The van der Waals surface area contributed by atoms with Gasteiger partial charge in [-0.2, -0.15) is 4.31 Å². The normalized spacial score (nSPS) is 17.7. The number of hydrogen-bond acceptors (Lipinski definition) is 4. The molecule has 27 heavy (non-hydrogen) atoms. The Balaban J connectivity index is 2.04. The number of carbonyl (C=O) groups is 2. The molecule has 1 heterocycles. The summed E-state index contributed by atoms with van der Waals surface area (Å²) in [7, 11) is -3.60. The standard InChI is InChI=1S/C19H28N2O5S/c1-12(2)17(19(23)24)20-18(22)15-7-9-21(10-8-15)27(25,26)16-6-5-13(3)11-14(16)4/h5-6,11-12,15,17H,7-10H2,1-4H3,(H,20,22)(H,23,24)/t17-/m0/s1. The molecule has 150 valence electrons. The van der Waals surface area contributed by atoms with E-state index in [0.29, 0.717) is 23.3 Å². The third-order valence-corrected chi connectivity index (χ3v) is 7.06. The molecule has 0 aliphatic carbocycles. The predicted octanol–water partition coefficient (Wildman–Crippen LogP) is 1.93. The molecule has 0 saturated carbocycles. The van der Waals surface area contributed by atoms with E-state index in [9.17, 15) is 23.1 Å². The lowest BCUT2D eigenvalue weighted by Crippen LogP contribution is -2.49. The second kappa shape index (κ2) is 8.39. The molecule has 1 aromatic carbocycles. The van der Waals surface area contributed by atoms with Gasteiger partial charge in [0, 0.05) is 19.0 Å². The van der Waals surface area contributed by atoms with Gasteiger partial charge in [-0.3, -0.25) is 4.79 Å². The van der Waals surface area contributed by atoms with Gasteiger partial charge in [0.25, 0.3) is 0 Å². The Bertz CT molecular complexity index is 811. The molecule has 1 atom stereocenters. The van der Waals surface area contributed by atoms with E-state index in [-0.39, 0.29) is 30.8 Å².